The zero-order valence-electron chi connectivity index (χ0n) is 22.1. The highest BCUT2D eigenvalue weighted by molar-refractivity contribution is 5.90. The van der Waals surface area contributed by atoms with E-state index in [0.717, 1.165) is 52.5 Å². The fraction of sp³-hybridized carbons (Fsp3) is 0.333. The highest BCUT2D eigenvalue weighted by Crippen LogP contribution is 2.48. The molecule has 1 fully saturated rings. The van der Waals surface area contributed by atoms with Crippen LogP contribution in [0.3, 0.4) is 0 Å². The summed E-state index contributed by atoms with van der Waals surface area (Å²) in [6, 6.07) is 9.62. The van der Waals surface area contributed by atoms with Gasteiger partial charge in [-0.1, -0.05) is 12.6 Å². The van der Waals surface area contributed by atoms with E-state index in [0.29, 0.717) is 5.82 Å². The predicted molar refractivity (Wildman–Crippen MR) is 147 cm³/mol. The first-order valence-corrected chi connectivity index (χ1v) is 13.0. The molecular formula is C30H31N5O3. The van der Waals surface area contributed by atoms with Crippen LogP contribution in [0.25, 0.3) is 33.9 Å². The van der Waals surface area contributed by atoms with E-state index in [1.54, 1.807) is 29.2 Å². The Balaban J connectivity index is 1.41. The minimum absolute atomic E-state index is 0.0353. The topological polar surface area (TPSA) is 82.3 Å². The smallest absolute Gasteiger partial charge is 0.411 e. The van der Waals surface area contributed by atoms with Crippen LogP contribution >= 0.6 is 0 Å². The van der Waals surface area contributed by atoms with Gasteiger partial charge < -0.3 is 9.30 Å². The van der Waals surface area contributed by atoms with E-state index in [4.69, 9.17) is 4.74 Å². The molecule has 2 aliphatic heterocycles. The Morgan fingerprint density at radius 2 is 1.87 bits per heavy atom. The summed E-state index contributed by atoms with van der Waals surface area (Å²) in [7, 11) is 0. The molecule has 0 radical (unpaired) electrons. The number of carbonyl (C=O) groups excluding carboxylic acids is 1. The lowest BCUT2D eigenvalue weighted by atomic mass is 9.97. The molecule has 38 heavy (non-hydrogen) atoms. The van der Waals surface area contributed by atoms with E-state index < -0.39 is 5.60 Å². The van der Waals surface area contributed by atoms with Crippen molar-refractivity contribution in [1.29, 1.82) is 0 Å². The van der Waals surface area contributed by atoms with E-state index in [-0.39, 0.29) is 23.7 Å². The number of pyridine rings is 1. The summed E-state index contributed by atoms with van der Waals surface area (Å²) in [5.74, 6) is 0.686. The molecule has 2 atom stereocenters. The van der Waals surface area contributed by atoms with Gasteiger partial charge in [0.15, 0.2) is 0 Å². The highest BCUT2D eigenvalue weighted by Gasteiger charge is 2.46. The van der Waals surface area contributed by atoms with Crippen molar-refractivity contribution in [2.45, 2.75) is 64.6 Å². The largest absolute Gasteiger partial charge is 0.444 e. The van der Waals surface area contributed by atoms with Gasteiger partial charge in [0.25, 0.3) is 5.56 Å². The fourth-order valence-corrected chi connectivity index (χ4v) is 5.91. The molecule has 1 saturated heterocycles. The van der Waals surface area contributed by atoms with Crippen LogP contribution in [0.1, 0.15) is 56.7 Å². The van der Waals surface area contributed by atoms with E-state index in [2.05, 4.69) is 27.2 Å². The van der Waals surface area contributed by atoms with Gasteiger partial charge in [0.2, 0.25) is 0 Å². The number of rotatable bonds is 3. The van der Waals surface area contributed by atoms with Crippen LogP contribution in [0.4, 0.5) is 4.79 Å². The molecule has 3 aromatic heterocycles. The molecule has 0 saturated carbocycles. The molecule has 0 aliphatic carbocycles. The SMILES string of the molecule is C=Cn1c2c(c3ccc(-n4ccc(-c5cnc(C)nc5)cc4=O)cc31)C1CCC(C2)N1C(=O)OC(C)(C)C. The van der Waals surface area contributed by atoms with Crippen LogP contribution in [-0.2, 0) is 11.2 Å². The van der Waals surface area contributed by atoms with E-state index in [1.165, 1.54) is 5.69 Å². The van der Waals surface area contributed by atoms with E-state index >= 15 is 0 Å². The average Bonchev–Trinajstić information content (AvgIpc) is 3.36. The molecule has 1 aromatic carbocycles. The number of aryl methyl sites for hydroxylation is 1. The Labute approximate surface area is 221 Å². The van der Waals surface area contributed by atoms with Crippen LogP contribution in [0.15, 0.2) is 60.3 Å². The van der Waals surface area contributed by atoms with Crippen LogP contribution in [0, 0.1) is 6.92 Å². The predicted octanol–water partition coefficient (Wildman–Crippen LogP) is 5.65. The second-order valence-corrected chi connectivity index (χ2v) is 11.1. The molecule has 2 bridgehead atoms. The lowest BCUT2D eigenvalue weighted by molar-refractivity contribution is 0.0125. The molecule has 8 nitrogen and oxygen atoms in total. The Bertz CT molecular complexity index is 1640. The molecule has 2 unspecified atom stereocenters. The van der Waals surface area contributed by atoms with Gasteiger partial charge in [-0.2, -0.15) is 0 Å². The molecule has 5 heterocycles. The molecule has 2 aliphatic rings. The standard InChI is InChI=1S/C30H31N5O3/c1-6-33-25-14-21(34-12-11-19(13-27(34)36)20-16-31-18(2)32-17-20)7-9-23(25)28-24-10-8-22(15-26(28)33)35(24)29(37)38-30(3,4)5/h6-7,9,11-14,16-17,22,24H,1,8,10,15H2,2-5H3. The summed E-state index contributed by atoms with van der Waals surface area (Å²) in [6.45, 7) is 11.6. The Kier molecular flexibility index (Phi) is 5.52. The third-order valence-electron chi connectivity index (χ3n) is 7.50. The van der Waals surface area contributed by atoms with Crippen LogP contribution in [0.2, 0.25) is 0 Å². The van der Waals surface area contributed by atoms with Crippen molar-refractivity contribution in [2.75, 3.05) is 0 Å². The summed E-state index contributed by atoms with van der Waals surface area (Å²) >= 11 is 0. The van der Waals surface area contributed by atoms with Crippen LogP contribution < -0.4 is 5.56 Å². The van der Waals surface area contributed by atoms with Gasteiger partial charge in [-0.05, 0) is 64.3 Å². The lowest BCUT2D eigenvalue weighted by Gasteiger charge is -2.36. The number of fused-ring (bicyclic) bond motifs is 6. The summed E-state index contributed by atoms with van der Waals surface area (Å²) in [4.78, 5) is 36.7. The monoisotopic (exact) mass is 509 g/mol. The average molecular weight is 510 g/mol. The van der Waals surface area contributed by atoms with Crippen molar-refractivity contribution < 1.29 is 9.53 Å². The maximum Gasteiger partial charge on any atom is 0.411 e. The van der Waals surface area contributed by atoms with Gasteiger partial charge in [-0.3, -0.25) is 14.3 Å². The Morgan fingerprint density at radius 3 is 2.55 bits per heavy atom. The van der Waals surface area contributed by atoms with E-state index in [1.807, 2.05) is 57.0 Å². The second-order valence-electron chi connectivity index (χ2n) is 11.1. The number of aromatic nitrogens is 4. The highest BCUT2D eigenvalue weighted by atomic mass is 16.6. The molecule has 4 aromatic rings. The Hall–Kier alpha value is -4.20. The second kappa shape index (κ2) is 8.68. The maximum absolute atomic E-state index is 13.2. The van der Waals surface area contributed by atoms with Gasteiger partial charge in [-0.25, -0.2) is 14.8 Å². The summed E-state index contributed by atoms with van der Waals surface area (Å²) < 4.78 is 9.53. The summed E-state index contributed by atoms with van der Waals surface area (Å²) in [6.07, 6.45) is 9.41. The molecule has 1 amide bonds. The summed E-state index contributed by atoms with van der Waals surface area (Å²) in [5, 5.41) is 1.07. The zero-order chi connectivity index (χ0) is 26.8. The van der Waals surface area contributed by atoms with Crippen LogP contribution in [0.5, 0.6) is 0 Å². The summed E-state index contributed by atoms with van der Waals surface area (Å²) in [5.41, 5.74) is 4.97. The van der Waals surface area contributed by atoms with Gasteiger partial charge in [0.1, 0.15) is 11.4 Å². The first kappa shape index (κ1) is 24.2. The number of hydrogen-bond donors (Lipinski definition) is 0. The normalized spacial score (nSPS) is 18.5. The third kappa shape index (κ3) is 3.91. The third-order valence-corrected chi connectivity index (χ3v) is 7.50. The van der Waals surface area contributed by atoms with Gasteiger partial charge in [-0.15, -0.1) is 0 Å². The van der Waals surface area contributed by atoms with Crippen molar-refractivity contribution in [3.8, 4) is 16.8 Å². The first-order valence-electron chi connectivity index (χ1n) is 13.0. The number of hydrogen-bond acceptors (Lipinski definition) is 5. The maximum atomic E-state index is 13.2. The van der Waals surface area contributed by atoms with Crippen molar-refractivity contribution in [1.82, 2.24) is 24.0 Å². The Morgan fingerprint density at radius 1 is 1.11 bits per heavy atom. The number of amides is 1. The molecule has 0 spiro atoms. The molecule has 194 valence electrons. The van der Waals surface area contributed by atoms with Crippen molar-refractivity contribution >= 4 is 23.2 Å². The van der Waals surface area contributed by atoms with Crippen LogP contribution in [-0.4, -0.2) is 41.7 Å². The van der Waals surface area contributed by atoms with E-state index in [9.17, 15) is 9.59 Å². The molecule has 6 rings (SSSR count). The number of carbonyl (C=O) groups is 1. The molecule has 8 heteroatoms. The first-order chi connectivity index (χ1) is 18.1. The van der Waals surface area contributed by atoms with Crippen molar-refractivity contribution in [2.24, 2.45) is 0 Å². The quantitative estimate of drug-likeness (QED) is 0.356. The van der Waals surface area contributed by atoms with Gasteiger partial charge in [0, 0.05) is 65.5 Å². The van der Waals surface area contributed by atoms with Crippen molar-refractivity contribution in [3.05, 3.63) is 82.9 Å². The number of benzene rings is 1. The number of nitrogens with zero attached hydrogens (tertiary/aromatic N) is 5. The van der Waals surface area contributed by atoms with Gasteiger partial charge >= 0.3 is 6.09 Å². The molecular weight excluding hydrogens is 478 g/mol. The minimum atomic E-state index is -0.546. The molecule has 0 N–H and O–H groups in total. The van der Waals surface area contributed by atoms with Crippen molar-refractivity contribution in [3.63, 3.8) is 0 Å². The number of ether oxygens (including phenoxy) is 1. The minimum Gasteiger partial charge on any atom is -0.444 e. The zero-order valence-corrected chi connectivity index (χ0v) is 22.1. The van der Waals surface area contributed by atoms with Gasteiger partial charge in [0.05, 0.1) is 17.2 Å². The lowest BCUT2D eigenvalue weighted by Crippen LogP contribution is -2.44. The fourth-order valence-electron chi connectivity index (χ4n) is 5.91.